The van der Waals surface area contributed by atoms with Crippen molar-refractivity contribution in [3.8, 4) is 11.3 Å². The number of carbonyl (C=O) groups excluding carboxylic acids is 1. The average molecular weight is 356 g/mol. The number of hydrogen-bond acceptors (Lipinski definition) is 4. The summed E-state index contributed by atoms with van der Waals surface area (Å²) < 4.78 is 5.26. The summed E-state index contributed by atoms with van der Waals surface area (Å²) in [7, 11) is 0. The highest BCUT2D eigenvalue weighted by molar-refractivity contribution is 6.30. The molecule has 124 valence electrons. The van der Waals surface area contributed by atoms with Crippen LogP contribution in [0.3, 0.4) is 0 Å². The van der Waals surface area contributed by atoms with Gasteiger partial charge in [-0.15, -0.1) is 12.4 Å². The Morgan fingerprint density at radius 1 is 1.30 bits per heavy atom. The number of amides is 1. The summed E-state index contributed by atoms with van der Waals surface area (Å²) >= 11 is 5.86. The van der Waals surface area contributed by atoms with Crippen LogP contribution in [-0.2, 0) is 0 Å². The molecule has 0 aliphatic heterocycles. The molecule has 1 aromatic heterocycles. The number of aromatic nitrogens is 1. The normalized spacial score (nSPS) is 15.9. The highest BCUT2D eigenvalue weighted by Crippen LogP contribution is 2.29. The van der Waals surface area contributed by atoms with Gasteiger partial charge < -0.3 is 15.6 Å². The highest BCUT2D eigenvalue weighted by atomic mass is 35.5. The number of nitrogens with zero attached hydrogens (tertiary/aromatic N) is 1. The van der Waals surface area contributed by atoms with Gasteiger partial charge in [0, 0.05) is 23.2 Å². The fraction of sp³-hybridized carbons (Fsp3) is 0.375. The number of hydrogen-bond donors (Lipinski definition) is 2. The third-order valence-electron chi connectivity index (χ3n) is 4.20. The van der Waals surface area contributed by atoms with Crippen LogP contribution in [0.2, 0.25) is 5.02 Å². The van der Waals surface area contributed by atoms with Gasteiger partial charge >= 0.3 is 0 Å². The van der Waals surface area contributed by atoms with E-state index >= 15 is 0 Å². The summed E-state index contributed by atoms with van der Waals surface area (Å²) in [5.74, 6) is 0.298. The Kier molecular flexibility index (Phi) is 5.68. The predicted octanol–water partition coefficient (Wildman–Crippen LogP) is 3.42. The maximum Gasteiger partial charge on any atom is 0.273 e. The topological polar surface area (TPSA) is 81.1 Å². The number of halogens is 2. The van der Waals surface area contributed by atoms with Gasteiger partial charge in [-0.1, -0.05) is 29.6 Å². The summed E-state index contributed by atoms with van der Waals surface area (Å²) in [6.07, 6.45) is 4.01. The van der Waals surface area contributed by atoms with Crippen LogP contribution in [0.15, 0.2) is 34.9 Å². The van der Waals surface area contributed by atoms with Gasteiger partial charge in [-0.3, -0.25) is 4.79 Å². The second-order valence-corrected chi connectivity index (χ2v) is 6.17. The summed E-state index contributed by atoms with van der Waals surface area (Å²) in [4.78, 5) is 12.4. The van der Waals surface area contributed by atoms with Crippen LogP contribution in [-0.4, -0.2) is 23.1 Å². The van der Waals surface area contributed by atoms with Crippen LogP contribution in [0, 0.1) is 0 Å². The minimum absolute atomic E-state index is 0. The number of nitrogens with one attached hydrogen (secondary N) is 1. The third kappa shape index (κ3) is 3.86. The second-order valence-electron chi connectivity index (χ2n) is 5.73. The molecule has 2 aromatic rings. The maximum absolute atomic E-state index is 12.4. The van der Waals surface area contributed by atoms with Crippen LogP contribution in [0.4, 0.5) is 0 Å². The number of rotatable bonds is 4. The molecule has 3 N–H and O–H groups in total. The van der Waals surface area contributed by atoms with Crippen LogP contribution >= 0.6 is 24.0 Å². The molecule has 0 bridgehead atoms. The molecule has 0 spiro atoms. The van der Waals surface area contributed by atoms with Gasteiger partial charge in [-0.25, -0.2) is 0 Å². The number of carbonyl (C=O) groups is 1. The Bertz CT molecular complexity index is 664. The predicted molar refractivity (Wildman–Crippen MR) is 91.9 cm³/mol. The third-order valence-corrected chi connectivity index (χ3v) is 4.45. The van der Waals surface area contributed by atoms with Crippen molar-refractivity contribution in [1.29, 1.82) is 0 Å². The van der Waals surface area contributed by atoms with Crippen molar-refractivity contribution >= 4 is 29.9 Å². The first-order valence-electron chi connectivity index (χ1n) is 7.37. The van der Waals surface area contributed by atoms with Gasteiger partial charge in [0.25, 0.3) is 5.91 Å². The lowest BCUT2D eigenvalue weighted by atomic mass is 9.97. The van der Waals surface area contributed by atoms with Crippen molar-refractivity contribution < 1.29 is 9.32 Å². The molecule has 1 heterocycles. The van der Waals surface area contributed by atoms with E-state index in [1.165, 1.54) is 0 Å². The molecule has 7 heteroatoms. The van der Waals surface area contributed by atoms with E-state index in [1.54, 1.807) is 18.2 Å². The largest absolute Gasteiger partial charge is 0.355 e. The van der Waals surface area contributed by atoms with Gasteiger partial charge in [-0.2, -0.15) is 0 Å². The van der Waals surface area contributed by atoms with Crippen LogP contribution in [0.25, 0.3) is 11.3 Å². The lowest BCUT2D eigenvalue weighted by Crippen LogP contribution is -2.51. The average Bonchev–Trinajstić information content (AvgIpc) is 3.18. The molecule has 3 rings (SSSR count). The molecule has 1 aromatic carbocycles. The smallest absolute Gasteiger partial charge is 0.273 e. The fourth-order valence-electron chi connectivity index (χ4n) is 2.87. The lowest BCUT2D eigenvalue weighted by molar-refractivity contribution is 0.0894. The zero-order valence-corrected chi connectivity index (χ0v) is 14.1. The van der Waals surface area contributed by atoms with Crippen LogP contribution < -0.4 is 11.1 Å². The Hall–Kier alpha value is -1.56. The van der Waals surface area contributed by atoms with Crippen molar-refractivity contribution in [3.63, 3.8) is 0 Å². The molecular formula is C16H19Cl2N3O2. The van der Waals surface area contributed by atoms with Crippen molar-refractivity contribution in [2.75, 3.05) is 6.54 Å². The fourth-order valence-corrected chi connectivity index (χ4v) is 3.00. The van der Waals surface area contributed by atoms with E-state index in [4.69, 9.17) is 21.9 Å². The van der Waals surface area contributed by atoms with Crippen LogP contribution in [0.1, 0.15) is 36.2 Å². The van der Waals surface area contributed by atoms with Crippen LogP contribution in [0.5, 0.6) is 0 Å². The van der Waals surface area contributed by atoms with E-state index < -0.39 is 0 Å². The first-order valence-corrected chi connectivity index (χ1v) is 7.75. The molecule has 1 fully saturated rings. The molecule has 0 saturated heterocycles. The minimum Gasteiger partial charge on any atom is -0.355 e. The van der Waals surface area contributed by atoms with E-state index in [1.807, 2.05) is 12.1 Å². The quantitative estimate of drug-likeness (QED) is 0.880. The summed E-state index contributed by atoms with van der Waals surface area (Å²) in [6.45, 7) is 0.445. The SMILES string of the molecule is Cl.NCC1(NC(=O)c2cc(-c3ccc(Cl)cc3)on2)CCCC1. The molecule has 1 aliphatic rings. The highest BCUT2D eigenvalue weighted by Gasteiger charge is 2.34. The zero-order valence-electron chi connectivity index (χ0n) is 12.5. The monoisotopic (exact) mass is 355 g/mol. The Morgan fingerprint density at radius 3 is 2.57 bits per heavy atom. The first kappa shape index (κ1) is 17.8. The molecule has 0 unspecified atom stereocenters. The molecule has 0 atom stereocenters. The standard InChI is InChI=1S/C16H18ClN3O2.ClH/c17-12-5-3-11(4-6-12)14-9-13(20-22-14)15(21)19-16(10-18)7-1-2-8-16;/h3-6,9H,1-2,7-8,10,18H2,(H,19,21);1H. The van der Waals surface area contributed by atoms with E-state index in [0.29, 0.717) is 17.3 Å². The molecule has 1 aliphatic carbocycles. The molecule has 1 saturated carbocycles. The van der Waals surface area contributed by atoms with E-state index in [0.717, 1.165) is 31.2 Å². The van der Waals surface area contributed by atoms with Gasteiger partial charge in [-0.05, 0) is 37.1 Å². The lowest BCUT2D eigenvalue weighted by Gasteiger charge is -2.28. The molecule has 1 amide bonds. The maximum atomic E-state index is 12.4. The molecular weight excluding hydrogens is 337 g/mol. The van der Waals surface area contributed by atoms with Crippen molar-refractivity contribution in [1.82, 2.24) is 10.5 Å². The number of benzene rings is 1. The molecule has 23 heavy (non-hydrogen) atoms. The summed E-state index contributed by atoms with van der Waals surface area (Å²) in [5.41, 5.74) is 6.63. The molecule has 0 radical (unpaired) electrons. The number of nitrogens with two attached hydrogens (primary N) is 1. The Morgan fingerprint density at radius 2 is 1.96 bits per heavy atom. The van der Waals surface area contributed by atoms with Crippen molar-refractivity contribution in [2.24, 2.45) is 5.73 Å². The Balaban J connectivity index is 0.00000192. The first-order chi connectivity index (χ1) is 10.6. The zero-order chi connectivity index (χ0) is 15.6. The van der Waals surface area contributed by atoms with Gasteiger partial charge in [0.2, 0.25) is 0 Å². The summed E-state index contributed by atoms with van der Waals surface area (Å²) in [6, 6.07) is 8.81. The van der Waals surface area contributed by atoms with Gasteiger partial charge in [0.1, 0.15) is 0 Å². The van der Waals surface area contributed by atoms with Crippen molar-refractivity contribution in [2.45, 2.75) is 31.2 Å². The van der Waals surface area contributed by atoms with E-state index in [2.05, 4.69) is 10.5 Å². The van der Waals surface area contributed by atoms with E-state index in [9.17, 15) is 4.79 Å². The Labute approximate surface area is 146 Å². The minimum atomic E-state index is -0.295. The van der Waals surface area contributed by atoms with E-state index in [-0.39, 0.29) is 29.5 Å². The van der Waals surface area contributed by atoms with Crippen molar-refractivity contribution in [3.05, 3.63) is 41.0 Å². The van der Waals surface area contributed by atoms with Gasteiger partial charge in [0.15, 0.2) is 11.5 Å². The summed E-state index contributed by atoms with van der Waals surface area (Å²) in [5, 5.41) is 7.53. The second kappa shape index (κ2) is 7.34. The van der Waals surface area contributed by atoms with Gasteiger partial charge in [0.05, 0.1) is 5.54 Å². The molecule has 5 nitrogen and oxygen atoms in total.